The maximum Gasteiger partial charge on any atom is 0.123 e. The average Bonchev–Trinajstić information content (AvgIpc) is 2.42. The molecule has 2 rings (SSSR count). The molecule has 0 amide bonds. The summed E-state index contributed by atoms with van der Waals surface area (Å²) in [6.07, 6.45) is 0.633. The number of hydrogen-bond acceptors (Lipinski definition) is 1. The zero-order chi connectivity index (χ0) is 13.8. The predicted octanol–water partition coefficient (Wildman–Crippen LogP) is 5.12. The van der Waals surface area contributed by atoms with Crippen molar-refractivity contribution in [3.63, 3.8) is 0 Å². The Morgan fingerprint density at radius 2 is 1.89 bits per heavy atom. The van der Waals surface area contributed by atoms with Crippen LogP contribution < -0.4 is 4.74 Å². The molecule has 0 spiro atoms. The normalized spacial score (nSPS) is 12.2. The fourth-order valence-electron chi connectivity index (χ4n) is 1.83. The minimum absolute atomic E-state index is 0.199. The minimum Gasteiger partial charge on any atom is -0.497 e. The molecule has 19 heavy (non-hydrogen) atoms. The lowest BCUT2D eigenvalue weighted by atomic mass is 10.0. The van der Waals surface area contributed by atoms with E-state index < -0.39 is 0 Å². The first-order valence-electron chi connectivity index (χ1n) is 5.82. The molecule has 100 valence electrons. The molecule has 2 aromatic rings. The first kappa shape index (κ1) is 14.4. The van der Waals surface area contributed by atoms with Crippen molar-refractivity contribution in [1.29, 1.82) is 0 Å². The highest BCUT2D eigenvalue weighted by molar-refractivity contribution is 9.10. The Morgan fingerprint density at radius 1 is 1.21 bits per heavy atom. The highest BCUT2D eigenvalue weighted by Crippen LogP contribution is 2.33. The monoisotopic (exact) mass is 342 g/mol. The van der Waals surface area contributed by atoms with Crippen LogP contribution in [0.2, 0.25) is 0 Å². The molecule has 0 N–H and O–H groups in total. The highest BCUT2D eigenvalue weighted by atomic mass is 79.9. The summed E-state index contributed by atoms with van der Waals surface area (Å²) in [5.74, 6) is 0.528. The van der Waals surface area contributed by atoms with Crippen LogP contribution in [-0.2, 0) is 6.42 Å². The predicted molar refractivity (Wildman–Crippen MR) is 79.4 cm³/mol. The first-order valence-corrected chi connectivity index (χ1v) is 7.05. The molecule has 0 radical (unpaired) electrons. The van der Waals surface area contributed by atoms with Crippen molar-refractivity contribution in [3.8, 4) is 5.75 Å². The lowest BCUT2D eigenvalue weighted by Crippen LogP contribution is -1.98. The van der Waals surface area contributed by atoms with Crippen LogP contribution >= 0.6 is 27.5 Å². The average molecular weight is 344 g/mol. The van der Waals surface area contributed by atoms with Crippen molar-refractivity contribution in [2.24, 2.45) is 0 Å². The molecule has 0 heterocycles. The van der Waals surface area contributed by atoms with Crippen molar-refractivity contribution in [3.05, 3.63) is 63.9 Å². The third-order valence-corrected chi connectivity index (χ3v) is 3.98. The van der Waals surface area contributed by atoms with Gasteiger partial charge in [-0.15, -0.1) is 11.6 Å². The van der Waals surface area contributed by atoms with Crippen LogP contribution in [0.4, 0.5) is 4.39 Å². The van der Waals surface area contributed by atoms with Crippen molar-refractivity contribution >= 4 is 27.5 Å². The third-order valence-electron chi connectivity index (χ3n) is 2.87. The van der Waals surface area contributed by atoms with Crippen LogP contribution in [0.15, 0.2) is 46.9 Å². The van der Waals surface area contributed by atoms with Crippen LogP contribution in [0.5, 0.6) is 5.75 Å². The lowest BCUT2D eigenvalue weighted by molar-refractivity contribution is 0.414. The minimum atomic E-state index is -0.238. The molecular weight excluding hydrogens is 331 g/mol. The number of ether oxygens (including phenoxy) is 1. The van der Waals surface area contributed by atoms with E-state index in [2.05, 4.69) is 15.9 Å². The molecule has 1 nitrogen and oxygen atoms in total. The van der Waals surface area contributed by atoms with Gasteiger partial charge in [0.25, 0.3) is 0 Å². The molecule has 4 heteroatoms. The molecule has 2 aromatic carbocycles. The number of hydrogen-bond donors (Lipinski definition) is 0. The quantitative estimate of drug-likeness (QED) is 0.700. The number of rotatable bonds is 4. The number of halogens is 3. The van der Waals surface area contributed by atoms with Gasteiger partial charge in [-0.05, 0) is 47.9 Å². The third kappa shape index (κ3) is 3.71. The SMILES string of the molecule is COc1ccc(Br)c(C(Cl)Cc2ccc(F)cc2)c1. The van der Waals surface area contributed by atoms with Crippen LogP contribution in [0.3, 0.4) is 0 Å². The Hall–Kier alpha value is -1.06. The molecule has 0 saturated heterocycles. The van der Waals surface area contributed by atoms with Crippen LogP contribution in [0.1, 0.15) is 16.5 Å². The largest absolute Gasteiger partial charge is 0.497 e. The van der Waals surface area contributed by atoms with Crippen molar-refractivity contribution in [1.82, 2.24) is 0 Å². The highest BCUT2D eigenvalue weighted by Gasteiger charge is 2.13. The van der Waals surface area contributed by atoms with E-state index in [9.17, 15) is 4.39 Å². The fourth-order valence-corrected chi connectivity index (χ4v) is 2.84. The molecule has 0 fully saturated rings. The summed E-state index contributed by atoms with van der Waals surface area (Å²) in [5, 5.41) is -0.199. The smallest absolute Gasteiger partial charge is 0.123 e. The second kappa shape index (κ2) is 6.40. The molecule has 0 aliphatic heterocycles. The number of benzene rings is 2. The van der Waals surface area contributed by atoms with E-state index in [1.807, 2.05) is 18.2 Å². The molecule has 0 saturated carbocycles. The van der Waals surface area contributed by atoms with Crippen LogP contribution in [-0.4, -0.2) is 7.11 Å². The van der Waals surface area contributed by atoms with Gasteiger partial charge in [0.1, 0.15) is 11.6 Å². The first-order chi connectivity index (χ1) is 9.10. The van der Waals surface area contributed by atoms with Crippen molar-refractivity contribution < 1.29 is 9.13 Å². The van der Waals surface area contributed by atoms with E-state index >= 15 is 0 Å². The molecule has 0 aliphatic rings. The van der Waals surface area contributed by atoms with E-state index in [1.165, 1.54) is 12.1 Å². The number of alkyl halides is 1. The lowest BCUT2D eigenvalue weighted by Gasteiger charge is -2.13. The summed E-state index contributed by atoms with van der Waals surface area (Å²) in [6, 6.07) is 12.1. The van der Waals surface area contributed by atoms with Crippen LogP contribution in [0, 0.1) is 5.82 Å². The van der Waals surface area contributed by atoms with E-state index in [0.717, 1.165) is 21.3 Å². The summed E-state index contributed by atoms with van der Waals surface area (Å²) < 4.78 is 19.0. The second-order valence-electron chi connectivity index (χ2n) is 4.19. The second-order valence-corrected chi connectivity index (χ2v) is 5.57. The zero-order valence-electron chi connectivity index (χ0n) is 10.4. The van der Waals surface area contributed by atoms with Gasteiger partial charge >= 0.3 is 0 Å². The maximum atomic E-state index is 12.9. The van der Waals surface area contributed by atoms with Gasteiger partial charge < -0.3 is 4.74 Å². The molecular formula is C15H13BrClFO. The van der Waals surface area contributed by atoms with Gasteiger partial charge in [-0.25, -0.2) is 4.39 Å². The summed E-state index contributed by atoms with van der Waals surface area (Å²) >= 11 is 9.92. The summed E-state index contributed by atoms with van der Waals surface area (Å²) in [4.78, 5) is 0. The summed E-state index contributed by atoms with van der Waals surface area (Å²) in [7, 11) is 1.62. The molecule has 1 unspecified atom stereocenters. The van der Waals surface area contributed by atoms with Gasteiger partial charge in [-0.2, -0.15) is 0 Å². The van der Waals surface area contributed by atoms with Gasteiger partial charge in [0.05, 0.1) is 12.5 Å². The number of methoxy groups -OCH3 is 1. The zero-order valence-corrected chi connectivity index (χ0v) is 12.7. The standard InChI is InChI=1S/C15H13BrClFO/c1-19-12-6-7-14(16)13(9-12)15(17)8-10-2-4-11(18)5-3-10/h2-7,9,15H,8H2,1H3. The van der Waals surface area contributed by atoms with Crippen LogP contribution in [0.25, 0.3) is 0 Å². The molecule has 0 aliphatic carbocycles. The van der Waals surface area contributed by atoms with E-state index in [-0.39, 0.29) is 11.2 Å². The molecule has 0 bridgehead atoms. The Morgan fingerprint density at radius 3 is 2.53 bits per heavy atom. The van der Waals surface area contributed by atoms with Gasteiger partial charge in [-0.3, -0.25) is 0 Å². The van der Waals surface area contributed by atoms with Gasteiger partial charge in [0.2, 0.25) is 0 Å². The molecule has 0 aromatic heterocycles. The Kier molecular flexibility index (Phi) is 4.83. The summed E-state index contributed by atoms with van der Waals surface area (Å²) in [5.41, 5.74) is 1.96. The van der Waals surface area contributed by atoms with Crippen molar-refractivity contribution in [2.75, 3.05) is 7.11 Å². The van der Waals surface area contributed by atoms with E-state index in [1.54, 1.807) is 19.2 Å². The van der Waals surface area contributed by atoms with Crippen molar-refractivity contribution in [2.45, 2.75) is 11.8 Å². The molecule has 1 atom stereocenters. The Bertz CT molecular complexity index is 557. The summed E-state index contributed by atoms with van der Waals surface area (Å²) in [6.45, 7) is 0. The van der Waals surface area contributed by atoms with Gasteiger partial charge in [0, 0.05) is 4.47 Å². The van der Waals surface area contributed by atoms with E-state index in [0.29, 0.717) is 6.42 Å². The Balaban J connectivity index is 2.19. The Labute approximate surface area is 125 Å². The van der Waals surface area contributed by atoms with E-state index in [4.69, 9.17) is 16.3 Å². The maximum absolute atomic E-state index is 12.9. The fraction of sp³-hybridized carbons (Fsp3) is 0.200. The van der Waals surface area contributed by atoms with Gasteiger partial charge in [0.15, 0.2) is 0 Å². The topological polar surface area (TPSA) is 9.23 Å². The van der Waals surface area contributed by atoms with Gasteiger partial charge in [-0.1, -0.05) is 28.1 Å².